The highest BCUT2D eigenvalue weighted by Crippen LogP contribution is 2.34. The van der Waals surface area contributed by atoms with Crippen molar-refractivity contribution in [3.8, 4) is 0 Å². The Balaban J connectivity index is 2.22. The Kier molecular flexibility index (Phi) is 4.77. The first-order valence-corrected chi connectivity index (χ1v) is 6.93. The quantitative estimate of drug-likeness (QED) is 0.669. The lowest BCUT2D eigenvalue weighted by atomic mass is 10.2. The molecule has 0 radical (unpaired) electrons. The van der Waals surface area contributed by atoms with Crippen molar-refractivity contribution in [3.05, 3.63) is 57.2 Å². The summed E-state index contributed by atoms with van der Waals surface area (Å²) in [4.78, 5) is 25.7. The van der Waals surface area contributed by atoms with E-state index in [9.17, 15) is 14.9 Å². The summed E-state index contributed by atoms with van der Waals surface area (Å²) in [7, 11) is 0. The maximum atomic E-state index is 11.0. The third kappa shape index (κ3) is 4.17. The van der Waals surface area contributed by atoms with Crippen LogP contribution >= 0.6 is 23.4 Å². The summed E-state index contributed by atoms with van der Waals surface area (Å²) in [6, 6.07) is 7.97. The van der Waals surface area contributed by atoms with E-state index in [1.54, 1.807) is 24.3 Å². The van der Waals surface area contributed by atoms with E-state index in [2.05, 4.69) is 4.98 Å². The van der Waals surface area contributed by atoms with E-state index in [-0.39, 0.29) is 22.2 Å². The van der Waals surface area contributed by atoms with E-state index in [0.29, 0.717) is 5.56 Å². The Hall–Kier alpha value is -2.12. The molecule has 8 heteroatoms. The van der Waals surface area contributed by atoms with Crippen LogP contribution in [0.5, 0.6) is 0 Å². The minimum Gasteiger partial charge on any atom is -0.481 e. The smallest absolute Gasteiger partial charge is 0.307 e. The molecule has 108 valence electrons. The van der Waals surface area contributed by atoms with Gasteiger partial charge in [-0.1, -0.05) is 35.5 Å². The fourth-order valence-electron chi connectivity index (χ4n) is 1.59. The first kappa shape index (κ1) is 15.3. The number of benzene rings is 1. The lowest BCUT2D eigenvalue weighted by Gasteiger charge is -2.03. The zero-order valence-electron chi connectivity index (χ0n) is 10.5. The fourth-order valence-corrected chi connectivity index (χ4v) is 2.58. The highest BCUT2D eigenvalue weighted by molar-refractivity contribution is 7.99. The summed E-state index contributed by atoms with van der Waals surface area (Å²) in [6.45, 7) is 0. The van der Waals surface area contributed by atoms with E-state index in [1.165, 1.54) is 12.3 Å². The van der Waals surface area contributed by atoms with E-state index >= 15 is 0 Å². The van der Waals surface area contributed by atoms with E-state index in [0.717, 1.165) is 16.7 Å². The van der Waals surface area contributed by atoms with Gasteiger partial charge in [0.15, 0.2) is 5.03 Å². The Bertz CT molecular complexity index is 691. The molecule has 0 bridgehead atoms. The number of nitrogens with zero attached hydrogens (tertiary/aromatic N) is 2. The molecule has 0 amide bonds. The average molecular weight is 325 g/mol. The van der Waals surface area contributed by atoms with Crippen molar-refractivity contribution in [2.45, 2.75) is 16.3 Å². The molecule has 0 saturated carbocycles. The molecule has 0 aliphatic heterocycles. The number of hydrogen-bond acceptors (Lipinski definition) is 5. The van der Waals surface area contributed by atoms with Gasteiger partial charge in [-0.2, -0.15) is 0 Å². The first-order chi connectivity index (χ1) is 9.95. The van der Waals surface area contributed by atoms with Gasteiger partial charge in [-0.15, -0.1) is 0 Å². The van der Waals surface area contributed by atoms with Crippen LogP contribution in [0.2, 0.25) is 5.02 Å². The SMILES string of the molecule is O=C(O)Cc1ccc(Sc2ncc(Cl)cc2[N+](=O)[O-])cc1. The zero-order chi connectivity index (χ0) is 15.4. The van der Waals surface area contributed by atoms with Crippen LogP contribution in [0.25, 0.3) is 0 Å². The molecule has 0 unspecified atom stereocenters. The van der Waals surface area contributed by atoms with Crippen LogP contribution in [0.4, 0.5) is 5.69 Å². The van der Waals surface area contributed by atoms with Crippen LogP contribution in [0.15, 0.2) is 46.5 Å². The summed E-state index contributed by atoms with van der Waals surface area (Å²) in [5.74, 6) is -0.912. The van der Waals surface area contributed by atoms with Crippen LogP contribution in [0, 0.1) is 10.1 Å². The van der Waals surface area contributed by atoms with Crippen LogP contribution in [-0.4, -0.2) is 21.0 Å². The predicted molar refractivity (Wildman–Crippen MR) is 77.8 cm³/mol. The minimum absolute atomic E-state index is 0.0652. The normalized spacial score (nSPS) is 10.3. The molecule has 0 atom stereocenters. The number of halogens is 1. The van der Waals surface area contributed by atoms with Crippen molar-refractivity contribution in [1.82, 2.24) is 4.98 Å². The van der Waals surface area contributed by atoms with Crippen molar-refractivity contribution >= 4 is 35.0 Å². The Morgan fingerprint density at radius 3 is 2.62 bits per heavy atom. The molecule has 2 rings (SSSR count). The van der Waals surface area contributed by atoms with Gasteiger partial charge in [0, 0.05) is 17.2 Å². The van der Waals surface area contributed by atoms with Crippen LogP contribution < -0.4 is 0 Å². The molecule has 0 spiro atoms. The maximum absolute atomic E-state index is 11.0. The number of pyridine rings is 1. The molecule has 21 heavy (non-hydrogen) atoms. The second-order valence-electron chi connectivity index (χ2n) is 4.05. The largest absolute Gasteiger partial charge is 0.481 e. The second kappa shape index (κ2) is 6.55. The van der Waals surface area contributed by atoms with Gasteiger partial charge < -0.3 is 5.11 Å². The molecular formula is C13H9ClN2O4S. The number of nitro groups is 1. The molecule has 1 N–H and O–H groups in total. The molecule has 0 aliphatic rings. The van der Waals surface area contributed by atoms with Gasteiger partial charge in [0.1, 0.15) is 0 Å². The number of aromatic nitrogens is 1. The molecule has 0 aliphatic carbocycles. The summed E-state index contributed by atoms with van der Waals surface area (Å²) in [6.07, 6.45) is 1.28. The fraction of sp³-hybridized carbons (Fsp3) is 0.0769. The molecule has 0 saturated heterocycles. The Morgan fingerprint density at radius 2 is 2.05 bits per heavy atom. The lowest BCUT2D eigenvalue weighted by molar-refractivity contribution is -0.388. The molecular weight excluding hydrogens is 316 g/mol. The zero-order valence-corrected chi connectivity index (χ0v) is 12.1. The van der Waals surface area contributed by atoms with Crippen LogP contribution in [-0.2, 0) is 11.2 Å². The summed E-state index contributed by atoms with van der Waals surface area (Å²) >= 11 is 6.82. The molecule has 1 heterocycles. The van der Waals surface area contributed by atoms with Gasteiger partial charge >= 0.3 is 11.7 Å². The van der Waals surface area contributed by atoms with E-state index in [1.807, 2.05) is 0 Å². The van der Waals surface area contributed by atoms with Gasteiger partial charge in [0.05, 0.1) is 16.4 Å². The van der Waals surface area contributed by atoms with Gasteiger partial charge in [-0.05, 0) is 17.7 Å². The lowest BCUT2D eigenvalue weighted by Crippen LogP contribution is -1.99. The summed E-state index contributed by atoms with van der Waals surface area (Å²) < 4.78 is 0. The summed E-state index contributed by atoms with van der Waals surface area (Å²) in [5, 5.41) is 20.1. The van der Waals surface area contributed by atoms with Crippen LogP contribution in [0.3, 0.4) is 0 Å². The van der Waals surface area contributed by atoms with Crippen molar-refractivity contribution in [1.29, 1.82) is 0 Å². The number of carboxylic acids is 1. The Morgan fingerprint density at radius 1 is 1.38 bits per heavy atom. The standard InChI is InChI=1S/C13H9ClN2O4S/c14-9-6-11(16(19)20)13(15-7-9)21-10-3-1-8(2-4-10)5-12(17)18/h1-4,6-7H,5H2,(H,17,18). The number of aliphatic carboxylic acids is 1. The highest BCUT2D eigenvalue weighted by atomic mass is 35.5. The predicted octanol–water partition coefficient (Wildman–Crippen LogP) is 3.42. The average Bonchev–Trinajstić information content (AvgIpc) is 2.42. The third-order valence-corrected chi connectivity index (χ3v) is 3.71. The van der Waals surface area contributed by atoms with Crippen molar-refractivity contribution in [2.24, 2.45) is 0 Å². The van der Waals surface area contributed by atoms with Gasteiger partial charge in [-0.3, -0.25) is 14.9 Å². The maximum Gasteiger partial charge on any atom is 0.307 e. The number of carbonyl (C=O) groups is 1. The number of hydrogen-bond donors (Lipinski definition) is 1. The topological polar surface area (TPSA) is 93.3 Å². The molecule has 1 aromatic heterocycles. The first-order valence-electron chi connectivity index (χ1n) is 5.74. The summed E-state index contributed by atoms with van der Waals surface area (Å²) in [5.41, 5.74) is 0.493. The molecule has 1 aromatic carbocycles. The van der Waals surface area contributed by atoms with E-state index < -0.39 is 10.9 Å². The molecule has 0 fully saturated rings. The van der Waals surface area contributed by atoms with Gasteiger partial charge in [0.2, 0.25) is 0 Å². The second-order valence-corrected chi connectivity index (χ2v) is 5.55. The van der Waals surface area contributed by atoms with Crippen molar-refractivity contribution < 1.29 is 14.8 Å². The highest BCUT2D eigenvalue weighted by Gasteiger charge is 2.17. The third-order valence-electron chi connectivity index (χ3n) is 2.49. The Labute approximate surface area is 128 Å². The van der Waals surface area contributed by atoms with E-state index in [4.69, 9.17) is 16.7 Å². The number of carboxylic acid groups (broad SMARTS) is 1. The minimum atomic E-state index is -0.912. The van der Waals surface area contributed by atoms with Gasteiger partial charge in [-0.25, -0.2) is 4.98 Å². The molecule has 6 nitrogen and oxygen atoms in total. The molecule has 2 aromatic rings. The number of rotatable bonds is 5. The van der Waals surface area contributed by atoms with Crippen LogP contribution in [0.1, 0.15) is 5.56 Å². The van der Waals surface area contributed by atoms with Gasteiger partial charge in [0.25, 0.3) is 0 Å². The monoisotopic (exact) mass is 324 g/mol. The van der Waals surface area contributed by atoms with Crippen molar-refractivity contribution in [3.63, 3.8) is 0 Å². The van der Waals surface area contributed by atoms with Crippen molar-refractivity contribution in [2.75, 3.05) is 0 Å².